The van der Waals surface area contributed by atoms with E-state index in [1.54, 1.807) is 18.3 Å². The number of ether oxygens (including phenoxy) is 1. The zero-order chi connectivity index (χ0) is 13.4. The van der Waals surface area contributed by atoms with Gasteiger partial charge < -0.3 is 20.0 Å². The summed E-state index contributed by atoms with van der Waals surface area (Å²) in [6.45, 7) is 1.38. The third-order valence-electron chi connectivity index (χ3n) is 3.48. The summed E-state index contributed by atoms with van der Waals surface area (Å²) in [5.41, 5.74) is 6.88. The first-order valence-corrected chi connectivity index (χ1v) is 6.25. The van der Waals surface area contributed by atoms with Crippen molar-refractivity contribution in [1.29, 1.82) is 0 Å². The summed E-state index contributed by atoms with van der Waals surface area (Å²) >= 11 is 0. The minimum absolute atomic E-state index is 0.0637. The van der Waals surface area contributed by atoms with Crippen LogP contribution in [0.15, 0.2) is 18.3 Å². The molecule has 0 radical (unpaired) electrons. The number of carbonyl (C=O) groups is 1. The lowest BCUT2D eigenvalue weighted by molar-refractivity contribution is 0.0692. The molecule has 1 saturated heterocycles. The molecule has 0 bridgehead atoms. The highest BCUT2D eigenvalue weighted by atomic mass is 16.5. The van der Waals surface area contributed by atoms with E-state index in [0.29, 0.717) is 24.4 Å². The van der Waals surface area contributed by atoms with Crippen LogP contribution in [-0.2, 0) is 4.74 Å². The molecule has 0 spiro atoms. The molecule has 1 aliphatic heterocycles. The van der Waals surface area contributed by atoms with Crippen LogP contribution in [-0.4, -0.2) is 33.7 Å². The quantitative estimate of drug-likeness (QED) is 0.855. The molecule has 0 aromatic carbocycles. The van der Waals surface area contributed by atoms with E-state index in [0.717, 1.165) is 18.7 Å². The number of imidazole rings is 1. The van der Waals surface area contributed by atoms with E-state index in [9.17, 15) is 9.90 Å². The topological polar surface area (TPSA) is 89.9 Å². The lowest BCUT2D eigenvalue weighted by Crippen LogP contribution is -2.16. The van der Waals surface area contributed by atoms with Crippen molar-refractivity contribution in [2.24, 2.45) is 0 Å². The normalized spacial score (nSPS) is 16.8. The minimum atomic E-state index is -1.03. The second-order valence-electron chi connectivity index (χ2n) is 4.73. The Morgan fingerprint density at radius 3 is 2.89 bits per heavy atom. The van der Waals surface area contributed by atoms with Gasteiger partial charge in [0.1, 0.15) is 5.82 Å². The van der Waals surface area contributed by atoms with Crippen molar-refractivity contribution < 1.29 is 14.6 Å². The number of nitrogens with two attached hydrogens (primary N) is 1. The Morgan fingerprint density at radius 2 is 2.21 bits per heavy atom. The van der Waals surface area contributed by atoms with Crippen molar-refractivity contribution in [3.05, 3.63) is 29.8 Å². The molecule has 19 heavy (non-hydrogen) atoms. The van der Waals surface area contributed by atoms with E-state index in [-0.39, 0.29) is 11.6 Å². The fraction of sp³-hybridized carbons (Fsp3) is 0.385. The Bertz CT molecular complexity index is 629. The molecular weight excluding hydrogens is 246 g/mol. The molecule has 0 aliphatic carbocycles. The molecule has 3 rings (SSSR count). The van der Waals surface area contributed by atoms with Crippen LogP contribution in [0.1, 0.15) is 35.1 Å². The van der Waals surface area contributed by atoms with Crippen molar-refractivity contribution in [2.45, 2.75) is 18.8 Å². The molecule has 1 fully saturated rings. The van der Waals surface area contributed by atoms with Gasteiger partial charge in [0.15, 0.2) is 5.69 Å². The monoisotopic (exact) mass is 261 g/mol. The summed E-state index contributed by atoms with van der Waals surface area (Å²) in [5.74, 6) is -0.00455. The van der Waals surface area contributed by atoms with Crippen molar-refractivity contribution in [1.82, 2.24) is 9.38 Å². The van der Waals surface area contributed by atoms with Crippen LogP contribution in [0.3, 0.4) is 0 Å². The molecule has 3 heterocycles. The molecule has 0 saturated carbocycles. The first-order chi connectivity index (χ1) is 9.16. The summed E-state index contributed by atoms with van der Waals surface area (Å²) < 4.78 is 7.16. The Kier molecular flexibility index (Phi) is 2.87. The van der Waals surface area contributed by atoms with Crippen LogP contribution >= 0.6 is 0 Å². The molecule has 6 nitrogen and oxygen atoms in total. The smallest absolute Gasteiger partial charge is 0.356 e. The maximum absolute atomic E-state index is 11.3. The fourth-order valence-electron chi connectivity index (χ4n) is 2.53. The van der Waals surface area contributed by atoms with Crippen LogP contribution in [0, 0.1) is 0 Å². The second-order valence-corrected chi connectivity index (χ2v) is 4.73. The van der Waals surface area contributed by atoms with E-state index >= 15 is 0 Å². The summed E-state index contributed by atoms with van der Waals surface area (Å²) in [7, 11) is 0. The Morgan fingerprint density at radius 1 is 1.47 bits per heavy atom. The summed E-state index contributed by atoms with van der Waals surface area (Å²) in [4.78, 5) is 15.6. The Balaban J connectivity index is 2.16. The zero-order valence-electron chi connectivity index (χ0n) is 10.4. The van der Waals surface area contributed by atoms with Crippen LogP contribution in [0.2, 0.25) is 0 Å². The number of rotatable bonds is 2. The van der Waals surface area contributed by atoms with Crippen LogP contribution in [0.4, 0.5) is 5.69 Å². The maximum atomic E-state index is 11.3. The van der Waals surface area contributed by atoms with Gasteiger partial charge in [-0.15, -0.1) is 0 Å². The number of nitrogens with zero attached hydrogens (tertiary/aromatic N) is 2. The highest BCUT2D eigenvalue weighted by molar-refractivity contribution is 5.94. The molecule has 0 amide bonds. The molecule has 0 atom stereocenters. The molecule has 0 unspecified atom stereocenters. The van der Waals surface area contributed by atoms with Gasteiger partial charge >= 0.3 is 5.97 Å². The third kappa shape index (κ3) is 2.04. The number of carboxylic acid groups (broad SMARTS) is 1. The summed E-state index contributed by atoms with van der Waals surface area (Å²) in [6, 6.07) is 3.41. The number of fused-ring (bicyclic) bond motifs is 1. The average Bonchev–Trinajstić information content (AvgIpc) is 2.78. The van der Waals surface area contributed by atoms with E-state index in [1.807, 2.05) is 4.40 Å². The van der Waals surface area contributed by atoms with Crippen molar-refractivity contribution >= 4 is 17.2 Å². The number of hydrogen-bond donors (Lipinski definition) is 2. The molecule has 3 N–H and O–H groups in total. The zero-order valence-corrected chi connectivity index (χ0v) is 10.4. The van der Waals surface area contributed by atoms with Gasteiger partial charge in [-0.05, 0) is 25.0 Å². The predicted molar refractivity (Wildman–Crippen MR) is 69.4 cm³/mol. The number of carboxylic acids is 1. The first kappa shape index (κ1) is 12.0. The maximum Gasteiger partial charge on any atom is 0.356 e. The number of aromatic nitrogens is 2. The molecule has 6 heteroatoms. The SMILES string of the molecule is Nc1ccn2c(C3CCOCC3)nc(C(=O)O)c2c1. The second kappa shape index (κ2) is 4.55. The van der Waals surface area contributed by atoms with E-state index in [1.165, 1.54) is 0 Å². The lowest BCUT2D eigenvalue weighted by atomic mass is 10.00. The van der Waals surface area contributed by atoms with Gasteiger partial charge in [-0.25, -0.2) is 9.78 Å². The molecule has 2 aromatic heterocycles. The summed E-state index contributed by atoms with van der Waals surface area (Å²) in [6.07, 6.45) is 3.51. The van der Waals surface area contributed by atoms with E-state index in [2.05, 4.69) is 4.98 Å². The average molecular weight is 261 g/mol. The third-order valence-corrected chi connectivity index (χ3v) is 3.48. The Labute approximate surface area is 109 Å². The highest BCUT2D eigenvalue weighted by Gasteiger charge is 2.24. The Hall–Kier alpha value is -2.08. The number of hydrogen-bond acceptors (Lipinski definition) is 4. The van der Waals surface area contributed by atoms with Gasteiger partial charge in [0.2, 0.25) is 0 Å². The van der Waals surface area contributed by atoms with Crippen LogP contribution in [0.25, 0.3) is 5.52 Å². The van der Waals surface area contributed by atoms with Gasteiger partial charge in [-0.2, -0.15) is 0 Å². The first-order valence-electron chi connectivity index (χ1n) is 6.25. The van der Waals surface area contributed by atoms with Gasteiger partial charge in [0.05, 0.1) is 5.52 Å². The molecule has 2 aromatic rings. The van der Waals surface area contributed by atoms with Gasteiger partial charge in [0, 0.05) is 31.0 Å². The largest absolute Gasteiger partial charge is 0.476 e. The van der Waals surface area contributed by atoms with Crippen molar-refractivity contribution in [3.63, 3.8) is 0 Å². The van der Waals surface area contributed by atoms with Gasteiger partial charge in [-0.3, -0.25) is 0 Å². The molecule has 100 valence electrons. The van der Waals surface area contributed by atoms with Crippen LogP contribution in [0.5, 0.6) is 0 Å². The highest BCUT2D eigenvalue weighted by Crippen LogP contribution is 2.28. The van der Waals surface area contributed by atoms with Gasteiger partial charge in [0.25, 0.3) is 0 Å². The predicted octanol–water partition coefficient (Wildman–Crippen LogP) is 1.51. The fourth-order valence-corrected chi connectivity index (χ4v) is 2.53. The number of pyridine rings is 1. The number of aromatic carboxylic acids is 1. The van der Waals surface area contributed by atoms with Gasteiger partial charge in [-0.1, -0.05) is 0 Å². The van der Waals surface area contributed by atoms with E-state index < -0.39 is 5.97 Å². The molecular formula is C13H15N3O3. The lowest BCUT2D eigenvalue weighted by Gasteiger charge is -2.20. The van der Waals surface area contributed by atoms with Crippen LogP contribution < -0.4 is 5.73 Å². The standard InChI is InChI=1S/C13H15N3O3/c14-9-1-4-16-10(7-9)11(13(17)18)15-12(16)8-2-5-19-6-3-8/h1,4,7-8H,2-3,5-6,14H2,(H,17,18). The van der Waals surface area contributed by atoms with Crippen molar-refractivity contribution in [2.75, 3.05) is 18.9 Å². The molecule has 1 aliphatic rings. The number of nitrogen functional groups attached to an aromatic ring is 1. The van der Waals surface area contributed by atoms with E-state index in [4.69, 9.17) is 10.5 Å². The van der Waals surface area contributed by atoms with Crippen molar-refractivity contribution in [3.8, 4) is 0 Å². The number of anilines is 1. The minimum Gasteiger partial charge on any atom is -0.476 e. The summed E-state index contributed by atoms with van der Waals surface area (Å²) in [5, 5.41) is 9.24.